The summed E-state index contributed by atoms with van der Waals surface area (Å²) < 4.78 is 7.63. The number of rotatable bonds is 10. The molecule has 17 heteroatoms. The summed E-state index contributed by atoms with van der Waals surface area (Å²) in [7, 11) is 0. The first-order chi connectivity index (χ1) is 23.4. The topological polar surface area (TPSA) is 208 Å². The first-order valence-corrected chi connectivity index (χ1v) is 15.5. The van der Waals surface area contributed by atoms with Crippen LogP contribution in [0.2, 0.25) is 10.0 Å². The van der Waals surface area contributed by atoms with Crippen molar-refractivity contribution in [3.63, 3.8) is 0 Å². The van der Waals surface area contributed by atoms with Gasteiger partial charge in [-0.1, -0.05) is 41.4 Å². The van der Waals surface area contributed by atoms with Crippen LogP contribution in [-0.4, -0.2) is 116 Å². The molecule has 0 bridgehead atoms. The van der Waals surface area contributed by atoms with Gasteiger partial charge in [0.15, 0.2) is 5.82 Å². The Bertz CT molecular complexity index is 1670. The van der Waals surface area contributed by atoms with Gasteiger partial charge < -0.3 is 30.1 Å². The van der Waals surface area contributed by atoms with E-state index in [0.717, 1.165) is 80.2 Å². The number of benzene rings is 2. The Labute approximate surface area is 291 Å². The number of piperazine rings is 1. The van der Waals surface area contributed by atoms with Gasteiger partial charge in [-0.25, -0.2) is 19.2 Å². The van der Waals surface area contributed by atoms with Crippen molar-refractivity contribution in [1.82, 2.24) is 19.7 Å². The van der Waals surface area contributed by atoms with Gasteiger partial charge in [-0.2, -0.15) is 0 Å². The van der Waals surface area contributed by atoms with Crippen LogP contribution >= 0.6 is 23.2 Å². The Kier molecular flexibility index (Phi) is 14.9. The highest BCUT2D eigenvalue weighted by Crippen LogP contribution is 2.32. The lowest BCUT2D eigenvalue weighted by Crippen LogP contribution is -2.48. The lowest BCUT2D eigenvalue weighted by Gasteiger charge is -2.35. The van der Waals surface area contributed by atoms with Gasteiger partial charge in [0.1, 0.15) is 6.54 Å². The van der Waals surface area contributed by atoms with E-state index in [1.165, 1.54) is 0 Å². The van der Waals surface area contributed by atoms with E-state index in [9.17, 15) is 19.2 Å². The summed E-state index contributed by atoms with van der Waals surface area (Å²) in [6.45, 7) is 8.61. The number of aromatic nitrogens is 3. The van der Waals surface area contributed by atoms with Crippen LogP contribution in [0.1, 0.15) is 23.9 Å². The molecule has 1 saturated heterocycles. The maximum Gasteiger partial charge on any atom is 0.328 e. The number of ether oxygens (including phenoxy) is 1. The van der Waals surface area contributed by atoms with Crippen molar-refractivity contribution in [2.45, 2.75) is 13.5 Å². The van der Waals surface area contributed by atoms with Gasteiger partial charge in [0, 0.05) is 84.8 Å². The third-order valence-corrected chi connectivity index (χ3v) is 7.39. The Hall–Kier alpha value is -5.09. The predicted octanol–water partition coefficient (Wildman–Crippen LogP) is 3.51. The number of fused-ring (bicyclic) bond motifs is 3. The van der Waals surface area contributed by atoms with Crippen LogP contribution in [-0.2, 0) is 30.5 Å². The molecule has 0 radical (unpaired) electrons. The molecule has 2 aliphatic heterocycles. The zero-order valence-corrected chi connectivity index (χ0v) is 27.8. The van der Waals surface area contributed by atoms with Crippen LogP contribution in [0.15, 0.2) is 71.8 Å². The smallest absolute Gasteiger partial charge is 0.328 e. The van der Waals surface area contributed by atoms with E-state index in [1.807, 2.05) is 49.4 Å². The fourth-order valence-corrected chi connectivity index (χ4v) is 5.06. The average Bonchev–Trinajstić information content (AvgIpc) is 3.41. The lowest BCUT2D eigenvalue weighted by atomic mass is 10.0. The Balaban J connectivity index is 0.000000338. The van der Waals surface area contributed by atoms with E-state index in [4.69, 9.17) is 53.4 Å². The number of aliphatic carboxylic acids is 4. The third kappa shape index (κ3) is 11.8. The Morgan fingerprint density at radius 1 is 0.816 bits per heavy atom. The van der Waals surface area contributed by atoms with Crippen LogP contribution in [0, 0.1) is 0 Å². The van der Waals surface area contributed by atoms with E-state index in [0.29, 0.717) is 40.9 Å². The second-order valence-corrected chi connectivity index (χ2v) is 10.9. The molecule has 1 aromatic heterocycles. The van der Waals surface area contributed by atoms with Gasteiger partial charge in [0.25, 0.3) is 0 Å². The molecule has 3 heterocycles. The second-order valence-electron chi connectivity index (χ2n) is 10.1. The maximum absolute atomic E-state index is 9.55. The number of nitrogens with zero attached hydrogens (tertiary/aromatic N) is 6. The number of carbonyl (C=O) groups is 4. The summed E-state index contributed by atoms with van der Waals surface area (Å²) in [5, 5.41) is 41.6. The molecule has 0 spiro atoms. The first kappa shape index (κ1) is 38.4. The highest BCUT2D eigenvalue weighted by atomic mass is 35.5. The third-order valence-electron chi connectivity index (χ3n) is 6.82. The molecule has 4 N–H and O–H groups in total. The summed E-state index contributed by atoms with van der Waals surface area (Å²) in [6.07, 6.45) is 2.23. The SMILES string of the molecule is CCOCCN1CCN(c2nnc3n2-c2ccc(Cl)cc2C(c2ccccc2Cl)=NC3)CC1.O=C(O)/C=C/C(=O)O.O=C(O)/C=C/C(=O)O. The molecular formula is C32H34Cl2N6O9. The molecule has 0 saturated carbocycles. The molecule has 0 aliphatic carbocycles. The summed E-state index contributed by atoms with van der Waals surface area (Å²) in [5.41, 5.74) is 3.58. The minimum atomic E-state index is -1.26. The van der Waals surface area contributed by atoms with E-state index < -0.39 is 23.9 Å². The normalized spacial score (nSPS) is 14.0. The minimum Gasteiger partial charge on any atom is -0.478 e. The van der Waals surface area contributed by atoms with Crippen LogP contribution < -0.4 is 4.90 Å². The number of halogens is 2. The van der Waals surface area contributed by atoms with Gasteiger partial charge in [0.2, 0.25) is 5.95 Å². The predicted molar refractivity (Wildman–Crippen MR) is 181 cm³/mol. The Morgan fingerprint density at radius 2 is 1.41 bits per heavy atom. The molecule has 0 unspecified atom stereocenters. The van der Waals surface area contributed by atoms with Crippen molar-refractivity contribution in [3.05, 3.63) is 93.8 Å². The van der Waals surface area contributed by atoms with Gasteiger partial charge in [-0.15, -0.1) is 10.2 Å². The van der Waals surface area contributed by atoms with Gasteiger partial charge >= 0.3 is 23.9 Å². The van der Waals surface area contributed by atoms with E-state index in [-0.39, 0.29) is 0 Å². The van der Waals surface area contributed by atoms with Gasteiger partial charge in [0.05, 0.1) is 18.0 Å². The largest absolute Gasteiger partial charge is 0.478 e. The van der Waals surface area contributed by atoms with Crippen molar-refractivity contribution >= 4 is 58.7 Å². The van der Waals surface area contributed by atoms with Crippen molar-refractivity contribution in [3.8, 4) is 5.69 Å². The quantitative estimate of drug-likeness (QED) is 0.175. The molecule has 2 aliphatic rings. The average molecular weight is 718 g/mol. The van der Waals surface area contributed by atoms with Crippen LogP contribution in [0.4, 0.5) is 5.95 Å². The summed E-state index contributed by atoms with van der Waals surface area (Å²) >= 11 is 13.0. The number of anilines is 1. The Morgan fingerprint density at radius 3 is 1.96 bits per heavy atom. The number of hydrogen-bond acceptors (Lipinski definition) is 10. The first-order valence-electron chi connectivity index (χ1n) is 14.8. The van der Waals surface area contributed by atoms with E-state index >= 15 is 0 Å². The molecule has 1 fully saturated rings. The fourth-order valence-electron chi connectivity index (χ4n) is 4.67. The number of hydrogen-bond donors (Lipinski definition) is 4. The molecule has 260 valence electrons. The molecule has 15 nitrogen and oxygen atoms in total. The van der Waals surface area contributed by atoms with Crippen LogP contribution in [0.25, 0.3) is 5.69 Å². The van der Waals surface area contributed by atoms with Crippen molar-refractivity contribution in [1.29, 1.82) is 0 Å². The van der Waals surface area contributed by atoms with Gasteiger partial charge in [-0.05, 0) is 31.2 Å². The van der Waals surface area contributed by atoms with Crippen molar-refractivity contribution in [2.24, 2.45) is 4.99 Å². The molecule has 5 rings (SSSR count). The number of carboxylic acid groups (broad SMARTS) is 4. The zero-order chi connectivity index (χ0) is 35.9. The highest BCUT2D eigenvalue weighted by molar-refractivity contribution is 6.36. The lowest BCUT2D eigenvalue weighted by molar-refractivity contribution is -0.134. The highest BCUT2D eigenvalue weighted by Gasteiger charge is 2.28. The maximum atomic E-state index is 9.55. The molecule has 0 atom stereocenters. The standard InChI is InChI=1S/C24H26Cl2N6O.2C4H4O4/c1-2-33-14-13-30-9-11-31(12-10-30)24-29-28-22-16-27-23(18-5-3-4-6-20(18)26)19-15-17(25)7-8-21(19)32(22)24;2*5-3(6)1-2-4(7)8/h3-8,15H,2,9-14,16H2,1H3;2*1-2H,(H,5,6)(H,7,8)/b;2*2-1+. The summed E-state index contributed by atoms with van der Waals surface area (Å²) in [6, 6.07) is 13.6. The van der Waals surface area contributed by atoms with Crippen molar-refractivity contribution < 1.29 is 44.3 Å². The monoisotopic (exact) mass is 716 g/mol. The number of carboxylic acids is 4. The molecule has 2 aromatic carbocycles. The molecule has 49 heavy (non-hydrogen) atoms. The van der Waals surface area contributed by atoms with E-state index in [1.54, 1.807) is 0 Å². The molecular weight excluding hydrogens is 683 g/mol. The molecule has 0 amide bonds. The fraction of sp³-hybridized carbons (Fsp3) is 0.281. The van der Waals surface area contributed by atoms with Crippen molar-refractivity contribution in [2.75, 3.05) is 50.8 Å². The second kappa shape index (κ2) is 19.0. The summed E-state index contributed by atoms with van der Waals surface area (Å²) in [5.74, 6) is -3.39. The van der Waals surface area contributed by atoms with E-state index in [2.05, 4.69) is 24.6 Å². The number of aliphatic imine (C=N–C) groups is 1. The van der Waals surface area contributed by atoms with Crippen LogP contribution in [0.5, 0.6) is 0 Å². The zero-order valence-electron chi connectivity index (χ0n) is 26.3. The van der Waals surface area contributed by atoms with Gasteiger partial charge in [-0.3, -0.25) is 14.5 Å². The molecule has 3 aromatic rings. The summed E-state index contributed by atoms with van der Waals surface area (Å²) in [4.78, 5) is 47.8. The minimum absolute atomic E-state index is 0.411. The van der Waals surface area contributed by atoms with Crippen LogP contribution in [0.3, 0.4) is 0 Å².